The van der Waals surface area contributed by atoms with E-state index in [2.05, 4.69) is 27.7 Å². The Morgan fingerprint density at radius 3 is 3.15 bits per heavy atom. The van der Waals surface area contributed by atoms with Crippen molar-refractivity contribution in [2.24, 2.45) is 0 Å². The van der Waals surface area contributed by atoms with Crippen LogP contribution in [-0.4, -0.2) is 23.9 Å². The smallest absolute Gasteiger partial charge is 0.234 e. The first-order valence-electron chi connectivity index (χ1n) is 6.89. The average molecular weight is 290 g/mol. The van der Waals surface area contributed by atoms with Crippen molar-refractivity contribution in [2.75, 3.05) is 13.1 Å². The number of rotatable bonds is 5. The summed E-state index contributed by atoms with van der Waals surface area (Å²) in [4.78, 5) is 15.6. The van der Waals surface area contributed by atoms with Crippen LogP contribution in [0.3, 0.4) is 0 Å². The summed E-state index contributed by atoms with van der Waals surface area (Å²) in [6.45, 7) is 1.92. The van der Waals surface area contributed by atoms with E-state index in [0.29, 0.717) is 19.1 Å². The molecule has 3 rings (SSSR count). The van der Waals surface area contributed by atoms with Crippen LogP contribution in [0.15, 0.2) is 40.3 Å². The second-order valence-electron chi connectivity index (χ2n) is 5.00. The maximum Gasteiger partial charge on any atom is 0.234 e. The van der Waals surface area contributed by atoms with Crippen molar-refractivity contribution in [3.8, 4) is 0 Å². The highest BCUT2D eigenvalue weighted by molar-refractivity contribution is 7.10. The molecule has 5 heteroatoms. The largest absolute Gasteiger partial charge is 0.467 e. The van der Waals surface area contributed by atoms with Gasteiger partial charge in [0.05, 0.1) is 19.4 Å². The third kappa shape index (κ3) is 3.11. The van der Waals surface area contributed by atoms with E-state index in [1.165, 1.54) is 4.88 Å². The number of furan rings is 1. The molecule has 20 heavy (non-hydrogen) atoms. The molecule has 1 saturated heterocycles. The van der Waals surface area contributed by atoms with Gasteiger partial charge >= 0.3 is 0 Å². The molecular weight excluding hydrogens is 272 g/mol. The molecule has 0 unspecified atom stereocenters. The molecule has 1 aliphatic rings. The lowest BCUT2D eigenvalue weighted by atomic mass is 10.2. The summed E-state index contributed by atoms with van der Waals surface area (Å²) in [7, 11) is 0. The van der Waals surface area contributed by atoms with Gasteiger partial charge in [-0.2, -0.15) is 0 Å². The lowest BCUT2D eigenvalue weighted by molar-refractivity contribution is -0.122. The zero-order valence-corrected chi connectivity index (χ0v) is 12.1. The molecule has 2 aromatic rings. The maximum absolute atomic E-state index is 12.0. The quantitative estimate of drug-likeness (QED) is 0.921. The Balaban J connectivity index is 1.52. The second-order valence-corrected chi connectivity index (χ2v) is 5.98. The first-order chi connectivity index (χ1) is 9.83. The summed E-state index contributed by atoms with van der Waals surface area (Å²) in [5.74, 6) is 0.847. The van der Waals surface area contributed by atoms with Gasteiger partial charge in [-0.25, -0.2) is 0 Å². The minimum absolute atomic E-state index is 0.0601. The van der Waals surface area contributed by atoms with Crippen LogP contribution in [-0.2, 0) is 11.3 Å². The molecule has 0 aromatic carbocycles. The monoisotopic (exact) mass is 290 g/mol. The summed E-state index contributed by atoms with van der Waals surface area (Å²) in [6.07, 6.45) is 3.93. The van der Waals surface area contributed by atoms with Crippen LogP contribution in [0.2, 0.25) is 0 Å². The number of carbonyl (C=O) groups excluding carboxylic acids is 1. The fourth-order valence-corrected chi connectivity index (χ4v) is 3.55. The van der Waals surface area contributed by atoms with E-state index >= 15 is 0 Å². The van der Waals surface area contributed by atoms with E-state index in [0.717, 1.165) is 25.1 Å². The van der Waals surface area contributed by atoms with Gasteiger partial charge in [0.2, 0.25) is 5.91 Å². The Kier molecular flexibility index (Phi) is 4.18. The van der Waals surface area contributed by atoms with E-state index in [1.54, 1.807) is 17.6 Å². The van der Waals surface area contributed by atoms with E-state index in [-0.39, 0.29) is 5.91 Å². The molecule has 0 spiro atoms. The molecule has 1 amide bonds. The summed E-state index contributed by atoms with van der Waals surface area (Å²) < 4.78 is 5.21. The topological polar surface area (TPSA) is 45.5 Å². The molecule has 0 bridgehead atoms. The van der Waals surface area contributed by atoms with Crippen molar-refractivity contribution >= 4 is 17.2 Å². The first-order valence-corrected chi connectivity index (χ1v) is 7.77. The summed E-state index contributed by atoms with van der Waals surface area (Å²) in [6, 6.07) is 8.34. The number of thiophene rings is 1. The van der Waals surface area contributed by atoms with Crippen LogP contribution >= 0.6 is 11.3 Å². The summed E-state index contributed by atoms with van der Waals surface area (Å²) >= 11 is 1.77. The fraction of sp³-hybridized carbons (Fsp3) is 0.400. The fourth-order valence-electron chi connectivity index (χ4n) is 2.66. The van der Waals surface area contributed by atoms with Crippen LogP contribution in [0, 0.1) is 0 Å². The summed E-state index contributed by atoms with van der Waals surface area (Å²) in [5, 5.41) is 5.01. The van der Waals surface area contributed by atoms with Gasteiger partial charge in [0, 0.05) is 10.9 Å². The van der Waals surface area contributed by atoms with Gasteiger partial charge in [0.1, 0.15) is 5.76 Å². The van der Waals surface area contributed by atoms with Crippen molar-refractivity contribution in [3.05, 3.63) is 46.5 Å². The van der Waals surface area contributed by atoms with E-state index in [4.69, 9.17) is 4.42 Å². The Bertz CT molecular complexity index is 536. The molecule has 0 aliphatic carbocycles. The van der Waals surface area contributed by atoms with Crippen molar-refractivity contribution < 1.29 is 9.21 Å². The van der Waals surface area contributed by atoms with Gasteiger partial charge in [-0.05, 0) is 43.0 Å². The SMILES string of the molecule is O=C(CN1CCC[C@@H]1c1cccs1)NCc1ccco1. The number of nitrogens with one attached hydrogen (secondary N) is 1. The van der Waals surface area contributed by atoms with Crippen molar-refractivity contribution in [1.29, 1.82) is 0 Å². The predicted octanol–water partition coefficient (Wildman–Crippen LogP) is 2.79. The Morgan fingerprint density at radius 2 is 2.40 bits per heavy atom. The van der Waals surface area contributed by atoms with Crippen LogP contribution in [0.4, 0.5) is 0 Å². The number of carbonyl (C=O) groups is 1. The average Bonchev–Trinajstić information content (AvgIpc) is 3.18. The van der Waals surface area contributed by atoms with E-state index < -0.39 is 0 Å². The minimum atomic E-state index is 0.0601. The minimum Gasteiger partial charge on any atom is -0.467 e. The van der Waals surface area contributed by atoms with Crippen LogP contribution < -0.4 is 5.32 Å². The van der Waals surface area contributed by atoms with E-state index in [1.807, 2.05) is 12.1 Å². The van der Waals surface area contributed by atoms with Crippen molar-refractivity contribution in [3.63, 3.8) is 0 Å². The number of nitrogens with zero attached hydrogens (tertiary/aromatic N) is 1. The lowest BCUT2D eigenvalue weighted by Gasteiger charge is -2.22. The van der Waals surface area contributed by atoms with Crippen molar-refractivity contribution in [1.82, 2.24) is 10.2 Å². The Morgan fingerprint density at radius 1 is 1.45 bits per heavy atom. The number of amides is 1. The van der Waals surface area contributed by atoms with Gasteiger partial charge in [0.15, 0.2) is 0 Å². The van der Waals surface area contributed by atoms with Crippen LogP contribution in [0.25, 0.3) is 0 Å². The predicted molar refractivity (Wildman–Crippen MR) is 78.4 cm³/mol. The molecule has 1 N–H and O–H groups in total. The number of hydrogen-bond donors (Lipinski definition) is 1. The highest BCUT2D eigenvalue weighted by Crippen LogP contribution is 2.33. The lowest BCUT2D eigenvalue weighted by Crippen LogP contribution is -2.36. The van der Waals surface area contributed by atoms with Gasteiger partial charge in [-0.15, -0.1) is 11.3 Å². The molecule has 0 radical (unpaired) electrons. The first kappa shape index (κ1) is 13.4. The van der Waals surface area contributed by atoms with Gasteiger partial charge in [0.25, 0.3) is 0 Å². The number of likely N-dealkylation sites (tertiary alicyclic amines) is 1. The number of hydrogen-bond acceptors (Lipinski definition) is 4. The molecule has 1 aliphatic heterocycles. The zero-order chi connectivity index (χ0) is 13.8. The Hall–Kier alpha value is -1.59. The molecule has 106 valence electrons. The third-order valence-electron chi connectivity index (χ3n) is 3.62. The normalized spacial score (nSPS) is 19.3. The highest BCUT2D eigenvalue weighted by atomic mass is 32.1. The highest BCUT2D eigenvalue weighted by Gasteiger charge is 2.27. The molecular formula is C15H18N2O2S. The third-order valence-corrected chi connectivity index (χ3v) is 4.60. The Labute approximate surface area is 122 Å². The molecule has 0 saturated carbocycles. The maximum atomic E-state index is 12.0. The molecule has 1 fully saturated rings. The van der Waals surface area contributed by atoms with Gasteiger partial charge < -0.3 is 9.73 Å². The standard InChI is InChI=1S/C15H18N2O2S/c18-15(16-10-12-4-2-8-19-12)11-17-7-1-5-13(17)14-6-3-9-20-14/h2-4,6,8-9,13H,1,5,7,10-11H2,(H,16,18)/t13-/m1/s1. The summed E-state index contributed by atoms with van der Waals surface area (Å²) in [5.41, 5.74) is 0. The zero-order valence-electron chi connectivity index (χ0n) is 11.2. The van der Waals surface area contributed by atoms with Gasteiger partial charge in [-0.1, -0.05) is 6.07 Å². The van der Waals surface area contributed by atoms with Crippen molar-refractivity contribution in [2.45, 2.75) is 25.4 Å². The molecule has 2 aromatic heterocycles. The molecule has 1 atom stereocenters. The second kappa shape index (κ2) is 6.24. The molecule has 4 nitrogen and oxygen atoms in total. The van der Waals surface area contributed by atoms with Crippen LogP contribution in [0.5, 0.6) is 0 Å². The van der Waals surface area contributed by atoms with Crippen LogP contribution in [0.1, 0.15) is 29.5 Å². The van der Waals surface area contributed by atoms with E-state index in [9.17, 15) is 4.79 Å². The molecule has 3 heterocycles. The van der Waals surface area contributed by atoms with Gasteiger partial charge in [-0.3, -0.25) is 9.69 Å².